The molecule has 4 rings (SSSR count). The van der Waals surface area contributed by atoms with Crippen LogP contribution in [0.5, 0.6) is 0 Å². The van der Waals surface area contributed by atoms with Gasteiger partial charge in [0.1, 0.15) is 6.29 Å². The molecular weight excluding hydrogens is 320 g/mol. The SMILES string of the molecule is Cc1ccc(CN2Cc3cc(-c4cccnc4)cc(C)c3C2C=O)cc1. The summed E-state index contributed by atoms with van der Waals surface area (Å²) in [5.74, 6) is 0. The van der Waals surface area contributed by atoms with Crippen molar-refractivity contribution in [3.63, 3.8) is 0 Å². The first-order valence-corrected chi connectivity index (χ1v) is 8.94. The lowest BCUT2D eigenvalue weighted by atomic mass is 9.94. The smallest absolute Gasteiger partial charge is 0.141 e. The Kier molecular flexibility index (Phi) is 4.39. The normalized spacial score (nSPS) is 16.5. The Bertz CT molecular complexity index is 932. The second-order valence-corrected chi connectivity index (χ2v) is 7.08. The van der Waals surface area contributed by atoms with E-state index in [1.165, 1.54) is 27.8 Å². The Labute approximate surface area is 154 Å². The highest BCUT2D eigenvalue weighted by molar-refractivity contribution is 5.71. The average molecular weight is 342 g/mol. The van der Waals surface area contributed by atoms with Gasteiger partial charge in [-0.1, -0.05) is 42.0 Å². The molecule has 3 aromatic rings. The molecule has 3 heteroatoms. The maximum absolute atomic E-state index is 11.9. The van der Waals surface area contributed by atoms with Crippen molar-refractivity contribution in [2.75, 3.05) is 0 Å². The van der Waals surface area contributed by atoms with Gasteiger partial charge in [-0.2, -0.15) is 0 Å². The lowest BCUT2D eigenvalue weighted by Gasteiger charge is -2.21. The van der Waals surface area contributed by atoms with E-state index >= 15 is 0 Å². The summed E-state index contributed by atoms with van der Waals surface area (Å²) in [6.45, 7) is 5.76. The van der Waals surface area contributed by atoms with Gasteiger partial charge in [0.2, 0.25) is 0 Å². The van der Waals surface area contributed by atoms with Crippen molar-refractivity contribution in [3.8, 4) is 11.1 Å². The van der Waals surface area contributed by atoms with Crippen LogP contribution in [0, 0.1) is 13.8 Å². The first kappa shape index (κ1) is 16.7. The van der Waals surface area contributed by atoms with Crippen molar-refractivity contribution < 1.29 is 4.79 Å². The number of aldehydes is 1. The third-order valence-corrected chi connectivity index (χ3v) is 5.17. The number of fused-ring (bicyclic) bond motifs is 1. The van der Waals surface area contributed by atoms with Gasteiger partial charge in [-0.15, -0.1) is 0 Å². The minimum absolute atomic E-state index is 0.172. The van der Waals surface area contributed by atoms with Crippen molar-refractivity contribution >= 4 is 6.29 Å². The average Bonchev–Trinajstić information content (AvgIpc) is 3.02. The number of pyridine rings is 1. The van der Waals surface area contributed by atoms with Crippen LogP contribution < -0.4 is 0 Å². The van der Waals surface area contributed by atoms with Gasteiger partial charge in [-0.25, -0.2) is 0 Å². The summed E-state index contributed by atoms with van der Waals surface area (Å²) in [4.78, 5) is 18.4. The summed E-state index contributed by atoms with van der Waals surface area (Å²) < 4.78 is 0. The molecule has 1 aromatic heterocycles. The van der Waals surface area contributed by atoms with Gasteiger partial charge in [-0.3, -0.25) is 9.88 Å². The molecule has 2 heterocycles. The molecule has 0 spiro atoms. The molecule has 0 bridgehead atoms. The number of aryl methyl sites for hydroxylation is 2. The molecule has 0 saturated carbocycles. The zero-order valence-corrected chi connectivity index (χ0v) is 15.1. The Hall–Kier alpha value is -2.78. The van der Waals surface area contributed by atoms with Crippen molar-refractivity contribution in [1.82, 2.24) is 9.88 Å². The topological polar surface area (TPSA) is 33.2 Å². The van der Waals surface area contributed by atoms with Crippen LogP contribution in [0.3, 0.4) is 0 Å². The number of rotatable bonds is 4. The molecule has 0 aliphatic carbocycles. The van der Waals surface area contributed by atoms with E-state index in [1.54, 1.807) is 6.20 Å². The quantitative estimate of drug-likeness (QED) is 0.649. The first-order chi connectivity index (χ1) is 12.7. The van der Waals surface area contributed by atoms with Crippen molar-refractivity contribution in [2.24, 2.45) is 0 Å². The molecule has 0 amide bonds. The number of carbonyl (C=O) groups excluding carboxylic acids is 1. The van der Waals surface area contributed by atoms with Crippen LogP contribution in [0.25, 0.3) is 11.1 Å². The van der Waals surface area contributed by atoms with E-state index in [9.17, 15) is 4.79 Å². The first-order valence-electron chi connectivity index (χ1n) is 8.94. The van der Waals surface area contributed by atoms with Crippen molar-refractivity contribution in [2.45, 2.75) is 33.0 Å². The largest absolute Gasteiger partial charge is 0.301 e. The van der Waals surface area contributed by atoms with Crippen LogP contribution in [0.4, 0.5) is 0 Å². The van der Waals surface area contributed by atoms with Gasteiger partial charge in [0.25, 0.3) is 0 Å². The maximum Gasteiger partial charge on any atom is 0.141 e. The van der Waals surface area contributed by atoms with Gasteiger partial charge >= 0.3 is 0 Å². The van der Waals surface area contributed by atoms with Crippen LogP contribution in [0.2, 0.25) is 0 Å². The second kappa shape index (κ2) is 6.85. The van der Waals surface area contributed by atoms with Crippen LogP contribution in [-0.2, 0) is 17.9 Å². The van der Waals surface area contributed by atoms with Gasteiger partial charge in [0.05, 0.1) is 6.04 Å². The molecule has 3 nitrogen and oxygen atoms in total. The predicted octanol–water partition coefficient (Wildman–Crippen LogP) is 4.62. The fraction of sp³-hybridized carbons (Fsp3) is 0.217. The standard InChI is InChI=1S/C23H22N2O/c1-16-5-7-18(8-6-16)13-25-14-21-11-20(19-4-3-9-24-12-19)10-17(2)23(21)22(25)15-26/h3-12,15,22H,13-14H2,1-2H3. The Morgan fingerprint density at radius 1 is 1.12 bits per heavy atom. The highest BCUT2D eigenvalue weighted by Crippen LogP contribution is 2.38. The number of aromatic nitrogens is 1. The van der Waals surface area contributed by atoms with Gasteiger partial charge in [-0.05, 0) is 53.8 Å². The van der Waals surface area contributed by atoms with E-state index in [2.05, 4.69) is 66.2 Å². The third-order valence-electron chi connectivity index (χ3n) is 5.17. The maximum atomic E-state index is 11.9. The zero-order valence-electron chi connectivity index (χ0n) is 15.1. The lowest BCUT2D eigenvalue weighted by Crippen LogP contribution is -2.22. The van der Waals surface area contributed by atoms with Crippen molar-refractivity contribution in [3.05, 3.63) is 88.7 Å². The number of carbonyl (C=O) groups is 1. The van der Waals surface area contributed by atoms with E-state index in [4.69, 9.17) is 0 Å². The summed E-state index contributed by atoms with van der Waals surface area (Å²) in [6, 6.07) is 16.8. The fourth-order valence-corrected chi connectivity index (χ4v) is 3.86. The van der Waals surface area contributed by atoms with Crippen LogP contribution in [0.1, 0.15) is 33.9 Å². The number of hydrogen-bond acceptors (Lipinski definition) is 3. The molecular formula is C23H22N2O. The molecule has 0 radical (unpaired) electrons. The summed E-state index contributed by atoms with van der Waals surface area (Å²) in [7, 11) is 0. The van der Waals surface area contributed by atoms with E-state index < -0.39 is 0 Å². The Balaban J connectivity index is 1.67. The molecule has 0 saturated heterocycles. The van der Waals surface area contributed by atoms with E-state index in [1.807, 2.05) is 12.3 Å². The lowest BCUT2D eigenvalue weighted by molar-refractivity contribution is -0.112. The number of nitrogens with zero attached hydrogens (tertiary/aromatic N) is 2. The van der Waals surface area contributed by atoms with Crippen LogP contribution in [0.15, 0.2) is 60.9 Å². The minimum Gasteiger partial charge on any atom is -0.301 e. The van der Waals surface area contributed by atoms with Crippen LogP contribution in [-0.4, -0.2) is 16.2 Å². The molecule has 130 valence electrons. The predicted molar refractivity (Wildman–Crippen MR) is 104 cm³/mol. The van der Waals surface area contributed by atoms with E-state index in [0.29, 0.717) is 0 Å². The zero-order chi connectivity index (χ0) is 18.1. The summed E-state index contributed by atoms with van der Waals surface area (Å²) in [6.07, 6.45) is 4.75. The fourth-order valence-electron chi connectivity index (χ4n) is 3.86. The molecule has 1 unspecified atom stereocenters. The van der Waals surface area contributed by atoms with Crippen LogP contribution >= 0.6 is 0 Å². The molecule has 0 N–H and O–H groups in total. The molecule has 26 heavy (non-hydrogen) atoms. The molecule has 1 aliphatic rings. The highest BCUT2D eigenvalue weighted by atomic mass is 16.1. The number of benzene rings is 2. The molecule has 1 atom stereocenters. The molecule has 2 aromatic carbocycles. The third kappa shape index (κ3) is 3.06. The number of hydrogen-bond donors (Lipinski definition) is 0. The van der Waals surface area contributed by atoms with Crippen molar-refractivity contribution in [1.29, 1.82) is 0 Å². The second-order valence-electron chi connectivity index (χ2n) is 7.08. The minimum atomic E-state index is -0.172. The Morgan fingerprint density at radius 3 is 2.62 bits per heavy atom. The molecule has 0 fully saturated rings. The van der Waals surface area contributed by atoms with Gasteiger partial charge in [0.15, 0.2) is 0 Å². The van der Waals surface area contributed by atoms with Gasteiger partial charge < -0.3 is 4.79 Å². The summed E-state index contributed by atoms with van der Waals surface area (Å²) in [5.41, 5.74) is 8.34. The summed E-state index contributed by atoms with van der Waals surface area (Å²) >= 11 is 0. The summed E-state index contributed by atoms with van der Waals surface area (Å²) in [5, 5.41) is 0. The monoisotopic (exact) mass is 342 g/mol. The van der Waals surface area contributed by atoms with Gasteiger partial charge in [0, 0.05) is 31.0 Å². The Morgan fingerprint density at radius 2 is 1.92 bits per heavy atom. The van der Waals surface area contributed by atoms with E-state index in [-0.39, 0.29) is 6.04 Å². The van der Waals surface area contributed by atoms with E-state index in [0.717, 1.165) is 30.5 Å². The molecule has 1 aliphatic heterocycles. The highest BCUT2D eigenvalue weighted by Gasteiger charge is 2.31.